The molecule has 0 aliphatic heterocycles. The highest BCUT2D eigenvalue weighted by Crippen LogP contribution is 2.22. The number of phenolic OH excluding ortho intramolecular Hbond substituents is 1. The van der Waals surface area contributed by atoms with Gasteiger partial charge in [-0.25, -0.2) is 10.4 Å². The summed E-state index contributed by atoms with van der Waals surface area (Å²) in [5.41, 5.74) is 4.78. The summed E-state index contributed by atoms with van der Waals surface area (Å²) in [6.45, 7) is 1.73. The Hall–Kier alpha value is -3.43. The van der Waals surface area contributed by atoms with Crippen molar-refractivity contribution < 1.29 is 9.90 Å². The van der Waals surface area contributed by atoms with Gasteiger partial charge in [0.15, 0.2) is 5.16 Å². The predicted octanol–water partition coefficient (Wildman–Crippen LogP) is 4.49. The molecule has 0 saturated heterocycles. The lowest BCUT2D eigenvalue weighted by Crippen LogP contribution is -2.24. The number of aromatic nitrogens is 2. The standard InChI is InChI=1S/C24H19BrN4O3S/c1-15(16-5-4-6-19(30)13-16)27-28-22(31)14-33-24-26-21-8-3-2-7-20(21)23(32)29(24)18-11-9-17(25)10-12-18/h2-13,30H,14H2,1H3,(H,28,31)/b27-15-. The first-order chi connectivity index (χ1) is 15.9. The van der Waals surface area contributed by atoms with Crippen LogP contribution in [0.15, 0.2) is 92.3 Å². The molecule has 4 rings (SSSR count). The van der Waals surface area contributed by atoms with Crippen LogP contribution in [0.3, 0.4) is 0 Å². The molecule has 0 aliphatic carbocycles. The van der Waals surface area contributed by atoms with Crippen LogP contribution in [0.4, 0.5) is 0 Å². The van der Waals surface area contributed by atoms with Crippen LogP contribution in [0.25, 0.3) is 16.6 Å². The molecule has 2 N–H and O–H groups in total. The van der Waals surface area contributed by atoms with Gasteiger partial charge in [-0.3, -0.25) is 14.2 Å². The van der Waals surface area contributed by atoms with Gasteiger partial charge in [0.1, 0.15) is 5.75 Å². The Labute approximate surface area is 202 Å². The third-order valence-electron chi connectivity index (χ3n) is 4.77. The average Bonchev–Trinajstić information content (AvgIpc) is 2.82. The van der Waals surface area contributed by atoms with Crippen molar-refractivity contribution in [3.8, 4) is 11.4 Å². The van der Waals surface area contributed by atoms with Gasteiger partial charge in [0.2, 0.25) is 0 Å². The number of hydrogen-bond donors (Lipinski definition) is 2. The van der Waals surface area contributed by atoms with E-state index in [9.17, 15) is 14.7 Å². The first kappa shape index (κ1) is 22.8. The Kier molecular flexibility index (Phi) is 6.90. The fraction of sp³-hybridized carbons (Fsp3) is 0.0833. The number of hydrazone groups is 1. The van der Waals surface area contributed by atoms with Gasteiger partial charge < -0.3 is 5.11 Å². The first-order valence-corrected chi connectivity index (χ1v) is 11.7. The molecule has 0 atom stereocenters. The quantitative estimate of drug-likeness (QED) is 0.168. The minimum atomic E-state index is -0.343. The summed E-state index contributed by atoms with van der Waals surface area (Å²) in [5, 5.41) is 14.6. The molecule has 0 bridgehead atoms. The Morgan fingerprint density at radius 2 is 1.88 bits per heavy atom. The fourth-order valence-corrected chi connectivity index (χ4v) is 4.20. The zero-order chi connectivity index (χ0) is 23.4. The van der Waals surface area contributed by atoms with Gasteiger partial charge in [0.25, 0.3) is 11.5 Å². The lowest BCUT2D eigenvalue weighted by molar-refractivity contribution is -0.118. The van der Waals surface area contributed by atoms with E-state index >= 15 is 0 Å². The molecule has 1 heterocycles. The second kappa shape index (κ2) is 10.0. The van der Waals surface area contributed by atoms with Crippen molar-refractivity contribution in [3.05, 3.63) is 93.2 Å². The van der Waals surface area contributed by atoms with Crippen LogP contribution in [-0.2, 0) is 4.79 Å². The number of para-hydroxylation sites is 1. The Bertz CT molecular complexity index is 1420. The molecule has 1 amide bonds. The van der Waals surface area contributed by atoms with Gasteiger partial charge in [-0.2, -0.15) is 5.10 Å². The number of carbonyl (C=O) groups excluding carboxylic acids is 1. The van der Waals surface area contributed by atoms with Crippen LogP contribution in [0.2, 0.25) is 0 Å². The molecule has 3 aromatic carbocycles. The van der Waals surface area contributed by atoms with Crippen molar-refractivity contribution >= 4 is 50.2 Å². The molecular formula is C24H19BrN4O3S. The maximum atomic E-state index is 13.2. The summed E-state index contributed by atoms with van der Waals surface area (Å²) in [4.78, 5) is 30.3. The lowest BCUT2D eigenvalue weighted by atomic mass is 10.1. The van der Waals surface area contributed by atoms with Gasteiger partial charge >= 0.3 is 0 Å². The summed E-state index contributed by atoms with van der Waals surface area (Å²) in [6, 6.07) is 21.1. The molecule has 0 spiro atoms. The third-order valence-corrected chi connectivity index (χ3v) is 6.24. The van der Waals surface area contributed by atoms with E-state index < -0.39 is 0 Å². The summed E-state index contributed by atoms with van der Waals surface area (Å²) >= 11 is 4.56. The highest BCUT2D eigenvalue weighted by Gasteiger charge is 2.15. The number of fused-ring (bicyclic) bond motifs is 1. The molecule has 0 fully saturated rings. The molecule has 1 aromatic heterocycles. The molecule has 7 nitrogen and oxygen atoms in total. The highest BCUT2D eigenvalue weighted by molar-refractivity contribution is 9.10. The molecule has 0 saturated carbocycles. The van der Waals surface area contributed by atoms with Crippen LogP contribution in [-0.4, -0.2) is 32.0 Å². The molecule has 4 aromatic rings. The van der Waals surface area contributed by atoms with Crippen LogP contribution in [0.5, 0.6) is 5.75 Å². The van der Waals surface area contributed by atoms with Gasteiger partial charge in [0, 0.05) is 10.0 Å². The minimum absolute atomic E-state index is 0.0120. The number of halogens is 1. The monoisotopic (exact) mass is 522 g/mol. The molecule has 0 aliphatic rings. The van der Waals surface area contributed by atoms with E-state index in [1.807, 2.05) is 30.3 Å². The second-order valence-electron chi connectivity index (χ2n) is 7.10. The van der Waals surface area contributed by atoms with Crippen molar-refractivity contribution in [1.82, 2.24) is 15.0 Å². The number of thioether (sulfide) groups is 1. The van der Waals surface area contributed by atoms with Crippen LogP contribution >= 0.6 is 27.7 Å². The van der Waals surface area contributed by atoms with Gasteiger partial charge in [-0.15, -0.1) is 0 Å². The molecule has 0 radical (unpaired) electrons. The molecule has 166 valence electrons. The van der Waals surface area contributed by atoms with E-state index in [1.165, 1.54) is 4.57 Å². The molecule has 33 heavy (non-hydrogen) atoms. The largest absolute Gasteiger partial charge is 0.508 e. The number of aromatic hydroxyl groups is 1. The summed E-state index contributed by atoms with van der Waals surface area (Å²) in [7, 11) is 0. The van der Waals surface area contributed by atoms with E-state index in [4.69, 9.17) is 0 Å². The zero-order valence-electron chi connectivity index (χ0n) is 17.5. The lowest BCUT2D eigenvalue weighted by Gasteiger charge is -2.13. The number of phenols is 1. The van der Waals surface area contributed by atoms with Crippen molar-refractivity contribution in [2.24, 2.45) is 5.10 Å². The maximum absolute atomic E-state index is 13.2. The van der Waals surface area contributed by atoms with Gasteiger partial charge in [-0.05, 0) is 55.5 Å². The molecule has 9 heteroatoms. The number of amides is 1. The summed E-state index contributed by atoms with van der Waals surface area (Å²) in [6.07, 6.45) is 0. The van der Waals surface area contributed by atoms with E-state index in [0.717, 1.165) is 16.2 Å². The fourth-order valence-electron chi connectivity index (χ4n) is 3.13. The minimum Gasteiger partial charge on any atom is -0.508 e. The van der Waals surface area contributed by atoms with Gasteiger partial charge in [-0.1, -0.05) is 52.0 Å². The van der Waals surface area contributed by atoms with Crippen molar-refractivity contribution in [1.29, 1.82) is 0 Å². The van der Waals surface area contributed by atoms with E-state index in [1.54, 1.807) is 49.4 Å². The van der Waals surface area contributed by atoms with E-state index in [-0.39, 0.29) is 23.0 Å². The number of rotatable bonds is 6. The number of nitrogens with zero attached hydrogens (tertiary/aromatic N) is 3. The second-order valence-corrected chi connectivity index (χ2v) is 8.96. The molecular weight excluding hydrogens is 504 g/mol. The Morgan fingerprint density at radius 3 is 2.64 bits per heavy atom. The van der Waals surface area contributed by atoms with E-state index in [2.05, 4.69) is 31.4 Å². The highest BCUT2D eigenvalue weighted by atomic mass is 79.9. The first-order valence-electron chi connectivity index (χ1n) is 9.95. The van der Waals surface area contributed by atoms with Gasteiger partial charge in [0.05, 0.1) is 28.1 Å². The average molecular weight is 523 g/mol. The third kappa shape index (κ3) is 5.32. The number of carbonyl (C=O) groups is 1. The van der Waals surface area contributed by atoms with Crippen LogP contribution < -0.4 is 11.0 Å². The maximum Gasteiger partial charge on any atom is 0.266 e. The Balaban J connectivity index is 1.58. The number of benzene rings is 3. The normalized spacial score (nSPS) is 11.5. The van der Waals surface area contributed by atoms with Crippen molar-refractivity contribution in [2.45, 2.75) is 12.1 Å². The SMILES string of the molecule is C/C(=N/NC(=O)CSc1nc2ccccc2c(=O)n1-c1ccc(Br)cc1)c1cccc(O)c1. The topological polar surface area (TPSA) is 96.6 Å². The molecule has 0 unspecified atom stereocenters. The number of nitrogens with one attached hydrogen (secondary N) is 1. The predicted molar refractivity (Wildman–Crippen MR) is 134 cm³/mol. The van der Waals surface area contributed by atoms with Crippen LogP contribution in [0, 0.1) is 0 Å². The van der Waals surface area contributed by atoms with Crippen molar-refractivity contribution in [2.75, 3.05) is 5.75 Å². The Morgan fingerprint density at radius 1 is 1.12 bits per heavy atom. The zero-order valence-corrected chi connectivity index (χ0v) is 19.9. The smallest absolute Gasteiger partial charge is 0.266 e. The van der Waals surface area contributed by atoms with E-state index in [0.29, 0.717) is 33.0 Å². The summed E-state index contributed by atoms with van der Waals surface area (Å²) in [5.74, 6) is -0.209. The van der Waals surface area contributed by atoms with Crippen molar-refractivity contribution in [3.63, 3.8) is 0 Å². The van der Waals surface area contributed by atoms with Crippen LogP contribution in [0.1, 0.15) is 12.5 Å². The summed E-state index contributed by atoms with van der Waals surface area (Å²) < 4.78 is 2.40. The number of hydrogen-bond acceptors (Lipinski definition) is 6.